The van der Waals surface area contributed by atoms with Gasteiger partial charge in [0.15, 0.2) is 0 Å². The molecular formula is C12H12MnN4O4S. The van der Waals surface area contributed by atoms with E-state index in [0.29, 0.717) is 11.4 Å². The van der Waals surface area contributed by atoms with Gasteiger partial charge in [-0.2, -0.15) is 8.42 Å². The second-order valence-electron chi connectivity index (χ2n) is 4.14. The van der Waals surface area contributed by atoms with Crippen LogP contribution in [0.25, 0.3) is 0 Å². The Bertz CT molecular complexity index is 824. The Morgan fingerprint density at radius 3 is 2.18 bits per heavy atom. The minimum Gasteiger partial charge on any atom is -0.506 e. The monoisotopic (exact) mass is 363 g/mol. The fourth-order valence-corrected chi connectivity index (χ4v) is 2.02. The average molecular weight is 363 g/mol. The third-order valence-electron chi connectivity index (χ3n) is 2.56. The molecule has 8 nitrogen and oxygen atoms in total. The summed E-state index contributed by atoms with van der Waals surface area (Å²) in [5.41, 5.74) is 12.2. The Labute approximate surface area is 137 Å². The van der Waals surface area contributed by atoms with Crippen LogP contribution >= 0.6 is 0 Å². The molecule has 0 saturated carbocycles. The van der Waals surface area contributed by atoms with E-state index in [1.54, 1.807) is 6.07 Å². The van der Waals surface area contributed by atoms with Crippen LogP contribution in [0.5, 0.6) is 5.75 Å². The van der Waals surface area contributed by atoms with E-state index in [9.17, 15) is 13.5 Å². The van der Waals surface area contributed by atoms with Crippen LogP contribution in [0.3, 0.4) is 0 Å². The second-order valence-corrected chi connectivity index (χ2v) is 5.57. The number of phenols is 1. The van der Waals surface area contributed by atoms with Gasteiger partial charge in [-0.15, -0.1) is 10.2 Å². The number of rotatable bonds is 3. The molecule has 0 atom stereocenters. The first-order valence-corrected chi connectivity index (χ1v) is 7.08. The zero-order chi connectivity index (χ0) is 15.6. The Kier molecular flexibility index (Phi) is 5.50. The summed E-state index contributed by atoms with van der Waals surface area (Å²) in [5.74, 6) is -0.292. The molecule has 6 N–H and O–H groups in total. The summed E-state index contributed by atoms with van der Waals surface area (Å²) >= 11 is 0. The van der Waals surface area contributed by atoms with Crippen molar-refractivity contribution in [1.29, 1.82) is 0 Å². The molecule has 2 rings (SSSR count). The summed E-state index contributed by atoms with van der Waals surface area (Å²) in [6.07, 6.45) is 0. The zero-order valence-electron chi connectivity index (χ0n) is 11.0. The Balaban J connectivity index is 0.00000242. The summed E-state index contributed by atoms with van der Waals surface area (Å²) in [6, 6.07) is 7.70. The minimum absolute atomic E-state index is 0. The van der Waals surface area contributed by atoms with Crippen molar-refractivity contribution in [1.82, 2.24) is 0 Å². The number of nitrogens with two attached hydrogens (primary N) is 2. The van der Waals surface area contributed by atoms with Gasteiger partial charge < -0.3 is 16.6 Å². The number of aromatic hydroxyl groups is 1. The van der Waals surface area contributed by atoms with Crippen LogP contribution in [0.1, 0.15) is 0 Å². The van der Waals surface area contributed by atoms with Crippen LogP contribution in [0.2, 0.25) is 0 Å². The van der Waals surface area contributed by atoms with Gasteiger partial charge in [0.05, 0.1) is 10.6 Å². The molecule has 117 valence electrons. The fourth-order valence-electron chi connectivity index (χ4n) is 1.52. The number of benzene rings is 2. The fraction of sp³-hybridized carbons (Fsp3) is 0. The molecule has 0 aliphatic rings. The molecule has 2 aromatic rings. The van der Waals surface area contributed by atoms with E-state index in [1.165, 1.54) is 12.1 Å². The van der Waals surface area contributed by atoms with Crippen LogP contribution in [-0.2, 0) is 27.2 Å². The summed E-state index contributed by atoms with van der Waals surface area (Å²) in [6.45, 7) is 0. The van der Waals surface area contributed by atoms with Gasteiger partial charge in [-0.1, -0.05) is 0 Å². The summed E-state index contributed by atoms with van der Waals surface area (Å²) in [5, 5.41) is 17.1. The van der Waals surface area contributed by atoms with Gasteiger partial charge in [0.1, 0.15) is 17.1 Å². The molecule has 0 aliphatic carbocycles. The van der Waals surface area contributed by atoms with E-state index in [4.69, 9.17) is 16.0 Å². The standard InChI is InChI=1S/C12H12N4O4S.Mn/c13-7-1-3-10(9(14)5-7)15-16-11-6-8(21(18,19)20)2-4-12(11)17;/h1-6,17H,13-14H2,(H,18,19,20);/b16-15+;. The molecule has 0 bridgehead atoms. The van der Waals surface area contributed by atoms with Crippen molar-refractivity contribution >= 4 is 32.9 Å². The van der Waals surface area contributed by atoms with Gasteiger partial charge >= 0.3 is 0 Å². The van der Waals surface area contributed by atoms with Gasteiger partial charge in [-0.05, 0) is 36.4 Å². The molecule has 2 aromatic carbocycles. The molecule has 0 saturated heterocycles. The summed E-state index contributed by atoms with van der Waals surface area (Å²) in [7, 11) is -4.39. The van der Waals surface area contributed by atoms with Crippen molar-refractivity contribution < 1.29 is 35.1 Å². The summed E-state index contributed by atoms with van der Waals surface area (Å²) in [4.78, 5) is -0.403. The molecule has 1 radical (unpaired) electrons. The maximum absolute atomic E-state index is 11.0. The average Bonchev–Trinajstić information content (AvgIpc) is 2.38. The van der Waals surface area contributed by atoms with Crippen molar-refractivity contribution in [3.8, 4) is 5.75 Å². The molecule has 0 spiro atoms. The summed E-state index contributed by atoms with van der Waals surface area (Å²) < 4.78 is 31.0. The van der Waals surface area contributed by atoms with Gasteiger partial charge in [0.25, 0.3) is 10.1 Å². The number of hydrogen-bond acceptors (Lipinski definition) is 7. The van der Waals surface area contributed by atoms with E-state index in [-0.39, 0.29) is 34.2 Å². The van der Waals surface area contributed by atoms with Gasteiger partial charge in [-0.3, -0.25) is 4.55 Å². The molecule has 0 amide bonds. The molecule has 0 aliphatic heterocycles. The topological polar surface area (TPSA) is 151 Å². The first-order valence-electron chi connectivity index (χ1n) is 5.64. The largest absolute Gasteiger partial charge is 0.506 e. The van der Waals surface area contributed by atoms with Crippen LogP contribution in [0.15, 0.2) is 51.5 Å². The first kappa shape index (κ1) is 17.9. The molecule has 22 heavy (non-hydrogen) atoms. The van der Waals surface area contributed by atoms with E-state index in [1.807, 2.05) is 0 Å². The van der Waals surface area contributed by atoms with Crippen molar-refractivity contribution in [3.05, 3.63) is 36.4 Å². The number of hydrogen-bond donors (Lipinski definition) is 4. The number of anilines is 2. The third-order valence-corrected chi connectivity index (χ3v) is 3.41. The molecule has 0 heterocycles. The van der Waals surface area contributed by atoms with E-state index < -0.39 is 15.0 Å². The van der Waals surface area contributed by atoms with Crippen LogP contribution in [0, 0.1) is 0 Å². The molecule has 0 aromatic heterocycles. The molecular weight excluding hydrogens is 351 g/mol. The normalized spacial score (nSPS) is 11.3. The molecule has 0 unspecified atom stereocenters. The Morgan fingerprint density at radius 2 is 1.59 bits per heavy atom. The SMILES string of the molecule is Nc1ccc(/N=N/c2cc(S(=O)(=O)O)ccc2O)c(N)c1.[Mn]. The van der Waals surface area contributed by atoms with E-state index >= 15 is 0 Å². The van der Waals surface area contributed by atoms with Gasteiger partial charge in [0, 0.05) is 22.8 Å². The second kappa shape index (κ2) is 6.75. The minimum atomic E-state index is -4.39. The van der Waals surface area contributed by atoms with Crippen molar-refractivity contribution in [2.24, 2.45) is 10.2 Å². The Morgan fingerprint density at radius 1 is 0.955 bits per heavy atom. The number of nitrogens with zero attached hydrogens (tertiary/aromatic N) is 2. The van der Waals surface area contributed by atoms with Crippen LogP contribution in [-0.4, -0.2) is 18.1 Å². The quantitative estimate of drug-likeness (QED) is 0.284. The number of azo groups is 1. The van der Waals surface area contributed by atoms with E-state index in [2.05, 4.69) is 10.2 Å². The molecule has 10 heteroatoms. The zero-order valence-corrected chi connectivity index (χ0v) is 13.0. The van der Waals surface area contributed by atoms with Crippen molar-refractivity contribution in [2.75, 3.05) is 11.5 Å². The predicted octanol–water partition coefficient (Wildman–Crippen LogP) is 2.22. The maximum atomic E-state index is 11.0. The number of phenolic OH excluding ortho intramolecular Hbond substituents is 1. The smallest absolute Gasteiger partial charge is 0.294 e. The van der Waals surface area contributed by atoms with Crippen LogP contribution in [0.4, 0.5) is 22.7 Å². The first-order chi connectivity index (χ1) is 9.77. The van der Waals surface area contributed by atoms with Gasteiger partial charge in [-0.25, -0.2) is 0 Å². The van der Waals surface area contributed by atoms with Gasteiger partial charge in [0.2, 0.25) is 0 Å². The molecule has 0 fully saturated rings. The predicted molar refractivity (Wildman–Crippen MR) is 77.4 cm³/mol. The van der Waals surface area contributed by atoms with Crippen LogP contribution < -0.4 is 11.5 Å². The van der Waals surface area contributed by atoms with E-state index in [0.717, 1.165) is 18.2 Å². The Hall–Kier alpha value is -2.13. The third kappa shape index (κ3) is 4.18. The number of nitrogen functional groups attached to an aromatic ring is 2. The van der Waals surface area contributed by atoms with Crippen molar-refractivity contribution in [2.45, 2.75) is 4.90 Å². The maximum Gasteiger partial charge on any atom is 0.294 e. The van der Waals surface area contributed by atoms with Crippen molar-refractivity contribution in [3.63, 3.8) is 0 Å².